The van der Waals surface area contributed by atoms with E-state index in [2.05, 4.69) is 9.72 Å². The number of carbonyl (C=O) groups is 2. The third-order valence-corrected chi connectivity index (χ3v) is 5.61. The van der Waals surface area contributed by atoms with Gasteiger partial charge in [-0.25, -0.2) is 0 Å². The number of ketones is 1. The molecule has 4 rings (SSSR count). The summed E-state index contributed by atoms with van der Waals surface area (Å²) in [5.41, 5.74) is 0.00717. The summed E-state index contributed by atoms with van der Waals surface area (Å²) in [6.07, 6.45) is -2.11. The van der Waals surface area contributed by atoms with Crippen LogP contribution in [0.15, 0.2) is 72.6 Å². The van der Waals surface area contributed by atoms with Crippen LogP contribution in [-0.2, 0) is 9.59 Å². The average molecular weight is 519 g/mol. The number of alkyl halides is 3. The van der Waals surface area contributed by atoms with E-state index in [1.807, 2.05) is 0 Å². The zero-order valence-corrected chi connectivity index (χ0v) is 19.4. The third-order valence-electron chi connectivity index (χ3n) is 5.28. The SMILES string of the molecule is CCOc1ccc(Cl)c(/C(O)=C2\C(=O)C(=O)N(c3cccc(OC(F)(F)F)c3)C2c2cccnc2)c1. The second kappa shape index (κ2) is 9.90. The van der Waals surface area contributed by atoms with Gasteiger partial charge in [0.15, 0.2) is 0 Å². The van der Waals surface area contributed by atoms with Crippen LogP contribution in [0, 0.1) is 0 Å². The molecule has 2 aromatic carbocycles. The van der Waals surface area contributed by atoms with E-state index in [1.165, 1.54) is 36.7 Å². The molecular formula is C25H18ClF3N2O5. The molecule has 3 aromatic rings. The van der Waals surface area contributed by atoms with Crippen molar-refractivity contribution in [2.45, 2.75) is 19.3 Å². The number of pyridine rings is 1. The Kier molecular flexibility index (Phi) is 6.89. The minimum atomic E-state index is -4.96. The number of halogens is 4. The maximum atomic E-state index is 13.2. The van der Waals surface area contributed by atoms with Gasteiger partial charge in [-0.2, -0.15) is 0 Å². The Morgan fingerprint density at radius 1 is 1.11 bits per heavy atom. The Morgan fingerprint density at radius 2 is 1.89 bits per heavy atom. The Labute approximate surface area is 208 Å². The molecule has 186 valence electrons. The first-order valence-corrected chi connectivity index (χ1v) is 11.0. The zero-order valence-electron chi connectivity index (χ0n) is 18.6. The molecule has 0 bridgehead atoms. The molecule has 0 radical (unpaired) electrons. The van der Waals surface area contributed by atoms with Crippen molar-refractivity contribution in [3.05, 3.63) is 88.7 Å². The lowest BCUT2D eigenvalue weighted by molar-refractivity contribution is -0.274. The van der Waals surface area contributed by atoms with Crippen LogP contribution in [0.25, 0.3) is 5.76 Å². The summed E-state index contributed by atoms with van der Waals surface area (Å²) in [6, 6.07) is 11.0. The average Bonchev–Trinajstić information content (AvgIpc) is 3.10. The highest BCUT2D eigenvalue weighted by atomic mass is 35.5. The van der Waals surface area contributed by atoms with Crippen molar-refractivity contribution in [1.82, 2.24) is 4.98 Å². The van der Waals surface area contributed by atoms with E-state index in [4.69, 9.17) is 16.3 Å². The van der Waals surface area contributed by atoms with Gasteiger partial charge in [0.1, 0.15) is 17.3 Å². The molecule has 0 saturated carbocycles. The van der Waals surface area contributed by atoms with Crippen LogP contribution < -0.4 is 14.4 Å². The van der Waals surface area contributed by atoms with Crippen molar-refractivity contribution in [1.29, 1.82) is 0 Å². The molecule has 36 heavy (non-hydrogen) atoms. The van der Waals surface area contributed by atoms with Crippen molar-refractivity contribution in [2.75, 3.05) is 11.5 Å². The molecule has 0 aliphatic carbocycles. The molecule has 2 heterocycles. The molecule has 1 aliphatic heterocycles. The number of hydrogen-bond donors (Lipinski definition) is 1. The van der Waals surface area contributed by atoms with E-state index in [-0.39, 0.29) is 21.8 Å². The van der Waals surface area contributed by atoms with E-state index in [1.54, 1.807) is 25.1 Å². The van der Waals surface area contributed by atoms with Crippen LogP contribution in [0.3, 0.4) is 0 Å². The smallest absolute Gasteiger partial charge is 0.507 e. The highest BCUT2D eigenvalue weighted by molar-refractivity contribution is 6.52. The molecule has 1 amide bonds. The van der Waals surface area contributed by atoms with Gasteiger partial charge in [0.05, 0.1) is 23.2 Å². The summed E-state index contributed by atoms with van der Waals surface area (Å²) < 4.78 is 47.8. The van der Waals surface area contributed by atoms with E-state index >= 15 is 0 Å². The summed E-state index contributed by atoms with van der Waals surface area (Å²) in [7, 11) is 0. The molecule has 1 fully saturated rings. The van der Waals surface area contributed by atoms with Gasteiger partial charge >= 0.3 is 6.36 Å². The largest absolute Gasteiger partial charge is 0.573 e. The van der Waals surface area contributed by atoms with E-state index in [9.17, 15) is 27.9 Å². The predicted molar refractivity (Wildman–Crippen MR) is 125 cm³/mol. The van der Waals surface area contributed by atoms with Crippen LogP contribution in [0.4, 0.5) is 18.9 Å². The van der Waals surface area contributed by atoms with Gasteiger partial charge in [-0.05, 0) is 48.9 Å². The lowest BCUT2D eigenvalue weighted by Gasteiger charge is -2.25. The van der Waals surface area contributed by atoms with Crippen molar-refractivity contribution >= 4 is 34.7 Å². The number of Topliss-reactive ketones (excluding diaryl/α,β-unsaturated/α-hetero) is 1. The number of rotatable bonds is 6. The van der Waals surface area contributed by atoms with E-state index < -0.39 is 35.6 Å². The minimum Gasteiger partial charge on any atom is -0.507 e. The second-order valence-corrected chi connectivity index (χ2v) is 7.98. The molecule has 0 spiro atoms. The van der Waals surface area contributed by atoms with Crippen LogP contribution in [0.2, 0.25) is 5.02 Å². The molecule has 1 unspecified atom stereocenters. The van der Waals surface area contributed by atoms with Gasteiger partial charge in [0.2, 0.25) is 0 Å². The Balaban J connectivity index is 1.90. The van der Waals surface area contributed by atoms with Crippen LogP contribution in [-0.4, -0.2) is 34.8 Å². The number of amides is 1. The standard InChI is InChI=1S/C25H18ClF3N2O5/c1-2-35-16-8-9-19(26)18(12-16)22(32)20-21(14-5-4-10-30-13-14)31(24(34)23(20)33)15-6-3-7-17(11-15)36-25(27,28)29/h3-13,21,32H,2H2,1H3/b22-20+. The molecular weight excluding hydrogens is 501 g/mol. The van der Waals surface area contributed by atoms with Crippen LogP contribution in [0.5, 0.6) is 11.5 Å². The summed E-state index contributed by atoms with van der Waals surface area (Å²) in [6.45, 7) is 2.09. The van der Waals surface area contributed by atoms with Gasteiger partial charge in [0.25, 0.3) is 11.7 Å². The molecule has 1 saturated heterocycles. The molecule has 1 aliphatic rings. The normalized spacial score (nSPS) is 17.4. The number of nitrogens with zero attached hydrogens (tertiary/aromatic N) is 2. The number of hydrogen-bond acceptors (Lipinski definition) is 6. The lowest BCUT2D eigenvalue weighted by atomic mass is 9.96. The molecule has 7 nitrogen and oxygen atoms in total. The zero-order chi connectivity index (χ0) is 26.0. The minimum absolute atomic E-state index is 0.0451. The van der Waals surface area contributed by atoms with Crippen molar-refractivity contribution < 1.29 is 37.3 Å². The monoisotopic (exact) mass is 518 g/mol. The highest BCUT2D eigenvalue weighted by Crippen LogP contribution is 2.44. The first-order chi connectivity index (χ1) is 17.1. The van der Waals surface area contributed by atoms with Gasteiger partial charge in [-0.1, -0.05) is 23.7 Å². The van der Waals surface area contributed by atoms with Gasteiger partial charge in [0, 0.05) is 29.7 Å². The van der Waals surface area contributed by atoms with Crippen LogP contribution in [0.1, 0.15) is 24.1 Å². The van der Waals surface area contributed by atoms with Gasteiger partial charge in [-0.3, -0.25) is 19.5 Å². The predicted octanol–water partition coefficient (Wildman–Crippen LogP) is 5.66. The summed E-state index contributed by atoms with van der Waals surface area (Å²) in [5.74, 6) is -2.90. The first-order valence-electron chi connectivity index (χ1n) is 10.6. The van der Waals surface area contributed by atoms with Gasteiger partial charge < -0.3 is 14.6 Å². The molecule has 1 N–H and O–H groups in total. The Morgan fingerprint density at radius 3 is 2.56 bits per heavy atom. The maximum absolute atomic E-state index is 13.2. The number of aromatic nitrogens is 1. The summed E-state index contributed by atoms with van der Waals surface area (Å²) in [4.78, 5) is 31.4. The van der Waals surface area contributed by atoms with E-state index in [0.29, 0.717) is 17.9 Å². The fourth-order valence-corrected chi connectivity index (χ4v) is 4.08. The van der Waals surface area contributed by atoms with Crippen molar-refractivity contribution in [3.63, 3.8) is 0 Å². The lowest BCUT2D eigenvalue weighted by Crippen LogP contribution is -2.29. The maximum Gasteiger partial charge on any atom is 0.573 e. The molecule has 1 aromatic heterocycles. The van der Waals surface area contributed by atoms with Crippen molar-refractivity contribution in [2.24, 2.45) is 0 Å². The number of ether oxygens (including phenoxy) is 2. The topological polar surface area (TPSA) is 89.0 Å². The Bertz CT molecular complexity index is 1350. The fourth-order valence-electron chi connectivity index (χ4n) is 3.87. The number of benzene rings is 2. The summed E-state index contributed by atoms with van der Waals surface area (Å²) >= 11 is 6.29. The van der Waals surface area contributed by atoms with E-state index in [0.717, 1.165) is 17.0 Å². The fraction of sp³-hybridized carbons (Fsp3) is 0.160. The van der Waals surface area contributed by atoms with Crippen LogP contribution >= 0.6 is 11.6 Å². The first kappa shape index (κ1) is 25.1. The number of anilines is 1. The highest BCUT2D eigenvalue weighted by Gasteiger charge is 2.47. The third kappa shape index (κ3) is 4.99. The number of aliphatic hydroxyl groups is 1. The Hall–Kier alpha value is -4.05. The summed E-state index contributed by atoms with van der Waals surface area (Å²) in [5, 5.41) is 11.3. The quantitative estimate of drug-likeness (QED) is 0.257. The molecule has 11 heteroatoms. The number of aliphatic hydroxyl groups excluding tert-OH is 1. The molecule has 1 atom stereocenters. The second-order valence-electron chi connectivity index (χ2n) is 7.58. The van der Waals surface area contributed by atoms with Crippen molar-refractivity contribution in [3.8, 4) is 11.5 Å². The number of carbonyl (C=O) groups excluding carboxylic acids is 2. The van der Waals surface area contributed by atoms with Gasteiger partial charge in [-0.15, -0.1) is 13.2 Å².